The molecule has 1 amide bonds. The minimum atomic E-state index is -0.572. The maximum atomic E-state index is 12.8. The average molecular weight is 537 g/mol. The normalized spacial score (nSPS) is 11.2. The molecule has 9 heteroatoms. The Kier molecular flexibility index (Phi) is 8.43. The lowest BCUT2D eigenvalue weighted by molar-refractivity contribution is -0.123. The number of carbonyl (C=O) groups excluding carboxylic acids is 2. The molecule has 0 aliphatic heterocycles. The first-order valence-electron chi connectivity index (χ1n) is 11.5. The van der Waals surface area contributed by atoms with Gasteiger partial charge in [-0.1, -0.05) is 55.8 Å². The molecule has 37 heavy (non-hydrogen) atoms. The van der Waals surface area contributed by atoms with Crippen LogP contribution in [0.4, 0.5) is 0 Å². The van der Waals surface area contributed by atoms with Crippen molar-refractivity contribution >= 4 is 51.1 Å². The van der Waals surface area contributed by atoms with Crippen LogP contribution < -0.4 is 19.6 Å². The summed E-state index contributed by atoms with van der Waals surface area (Å²) in [5.74, 6) is 0.619. The van der Waals surface area contributed by atoms with Gasteiger partial charge < -0.3 is 14.2 Å². The minimum absolute atomic E-state index is 0.170. The predicted octanol–water partition coefficient (Wildman–Crippen LogP) is 6.44. The maximum Gasteiger partial charge on any atom is 0.355 e. The maximum absolute atomic E-state index is 12.8. The molecule has 7 nitrogen and oxygen atoms in total. The number of carbonyl (C=O) groups is 2. The van der Waals surface area contributed by atoms with Crippen LogP contribution in [0.2, 0.25) is 5.02 Å². The molecule has 0 aliphatic carbocycles. The lowest BCUT2D eigenvalue weighted by Gasteiger charge is -2.09. The van der Waals surface area contributed by atoms with Gasteiger partial charge in [-0.15, -0.1) is 11.3 Å². The number of fused-ring (bicyclic) bond motifs is 1. The van der Waals surface area contributed by atoms with Crippen molar-refractivity contribution in [3.8, 4) is 17.2 Å². The quantitative estimate of drug-likeness (QED) is 0.115. The molecule has 1 N–H and O–H groups in total. The highest BCUT2D eigenvalue weighted by molar-refractivity contribution is 7.21. The van der Waals surface area contributed by atoms with E-state index in [2.05, 4.69) is 24.4 Å². The smallest absolute Gasteiger partial charge is 0.355 e. The van der Waals surface area contributed by atoms with Crippen LogP contribution in [0.5, 0.6) is 17.2 Å². The van der Waals surface area contributed by atoms with Crippen molar-refractivity contribution in [3.05, 3.63) is 87.8 Å². The Labute approximate surface area is 223 Å². The minimum Gasteiger partial charge on any atom is -0.493 e. The molecule has 0 bridgehead atoms. The van der Waals surface area contributed by atoms with Crippen LogP contribution in [-0.2, 0) is 4.79 Å². The van der Waals surface area contributed by atoms with Crippen LogP contribution in [0.25, 0.3) is 10.1 Å². The number of hydrogen-bond donors (Lipinski definition) is 1. The number of methoxy groups -OCH3 is 1. The summed E-state index contributed by atoms with van der Waals surface area (Å²) in [5.41, 5.74) is 4.24. The van der Waals surface area contributed by atoms with E-state index in [1.165, 1.54) is 30.2 Å². The first kappa shape index (κ1) is 26.2. The monoisotopic (exact) mass is 536 g/mol. The molecular formula is C28H25ClN2O5S. The highest BCUT2D eigenvalue weighted by atomic mass is 35.5. The van der Waals surface area contributed by atoms with Gasteiger partial charge in [0.1, 0.15) is 10.6 Å². The van der Waals surface area contributed by atoms with E-state index in [1.807, 2.05) is 48.5 Å². The molecule has 0 saturated heterocycles. The summed E-state index contributed by atoms with van der Waals surface area (Å²) in [6.07, 6.45) is 1.45. The molecule has 0 saturated carbocycles. The predicted molar refractivity (Wildman–Crippen MR) is 147 cm³/mol. The fraction of sp³-hybridized carbons (Fsp3) is 0.179. The van der Waals surface area contributed by atoms with Gasteiger partial charge in [-0.2, -0.15) is 5.10 Å². The second-order valence-electron chi connectivity index (χ2n) is 8.35. The second kappa shape index (κ2) is 11.9. The molecule has 0 unspecified atom stereocenters. The van der Waals surface area contributed by atoms with Gasteiger partial charge in [0, 0.05) is 10.1 Å². The molecule has 1 aromatic heterocycles. The van der Waals surface area contributed by atoms with Crippen molar-refractivity contribution < 1.29 is 23.8 Å². The second-order valence-corrected chi connectivity index (χ2v) is 9.78. The molecule has 0 radical (unpaired) electrons. The van der Waals surface area contributed by atoms with Gasteiger partial charge in [-0.05, 0) is 53.4 Å². The zero-order valence-electron chi connectivity index (χ0n) is 20.5. The summed E-state index contributed by atoms with van der Waals surface area (Å²) in [7, 11) is 1.47. The molecule has 4 rings (SSSR count). The number of thiophene rings is 1. The highest BCUT2D eigenvalue weighted by Gasteiger charge is 2.20. The van der Waals surface area contributed by atoms with Gasteiger partial charge >= 0.3 is 5.97 Å². The standard InChI is InChI=1S/C28H25ClN2O5S/c1-17(2)19-9-11-20(12-10-19)35-16-25(32)31-30-15-18-8-13-22(23(14-18)34-3)36-28(33)27-26(29)21-6-4-5-7-24(21)37-27/h4-15,17H,16H2,1-3H3,(H,31,32). The Morgan fingerprint density at radius 1 is 1.05 bits per heavy atom. The summed E-state index contributed by atoms with van der Waals surface area (Å²) in [4.78, 5) is 25.2. The SMILES string of the molecule is COc1cc(C=NNC(=O)COc2ccc(C(C)C)cc2)ccc1OC(=O)c1sc2ccccc2c1Cl. The van der Waals surface area contributed by atoms with E-state index in [0.29, 0.717) is 32.9 Å². The summed E-state index contributed by atoms with van der Waals surface area (Å²) < 4.78 is 17.3. The van der Waals surface area contributed by atoms with Gasteiger partial charge in [0.15, 0.2) is 18.1 Å². The van der Waals surface area contributed by atoms with Crippen molar-refractivity contribution in [2.45, 2.75) is 19.8 Å². The van der Waals surface area contributed by atoms with Crippen LogP contribution in [-0.4, -0.2) is 31.8 Å². The summed E-state index contributed by atoms with van der Waals surface area (Å²) in [6.45, 7) is 4.05. The average Bonchev–Trinajstić information content (AvgIpc) is 3.25. The van der Waals surface area contributed by atoms with E-state index in [1.54, 1.807) is 18.2 Å². The van der Waals surface area contributed by atoms with Crippen LogP contribution in [0.15, 0.2) is 71.8 Å². The number of halogens is 1. The lowest BCUT2D eigenvalue weighted by atomic mass is 10.0. The molecule has 4 aromatic rings. The first-order valence-corrected chi connectivity index (χ1v) is 12.7. The number of esters is 1. The third kappa shape index (κ3) is 6.47. The molecule has 0 fully saturated rings. The number of rotatable bonds is 9. The Hall–Kier alpha value is -3.88. The van der Waals surface area contributed by atoms with E-state index >= 15 is 0 Å². The third-order valence-electron chi connectivity index (χ3n) is 5.43. The Bertz CT molecular complexity index is 1450. The van der Waals surface area contributed by atoms with Crippen molar-refractivity contribution in [2.24, 2.45) is 5.10 Å². The van der Waals surface area contributed by atoms with E-state index in [0.717, 1.165) is 10.1 Å². The third-order valence-corrected chi connectivity index (χ3v) is 7.09. The van der Waals surface area contributed by atoms with E-state index in [9.17, 15) is 9.59 Å². The number of benzene rings is 3. The Morgan fingerprint density at radius 2 is 1.81 bits per heavy atom. The molecule has 3 aromatic carbocycles. The Morgan fingerprint density at radius 3 is 2.51 bits per heavy atom. The highest BCUT2D eigenvalue weighted by Crippen LogP contribution is 2.37. The fourth-order valence-electron chi connectivity index (χ4n) is 3.45. The first-order chi connectivity index (χ1) is 17.9. The van der Waals surface area contributed by atoms with E-state index in [4.69, 9.17) is 25.8 Å². The topological polar surface area (TPSA) is 86.2 Å². The number of hydrazone groups is 1. The van der Waals surface area contributed by atoms with Crippen molar-refractivity contribution in [2.75, 3.05) is 13.7 Å². The van der Waals surface area contributed by atoms with Gasteiger partial charge in [-0.25, -0.2) is 10.2 Å². The van der Waals surface area contributed by atoms with Crippen LogP contribution in [0.1, 0.15) is 40.6 Å². The van der Waals surface area contributed by atoms with Crippen LogP contribution in [0.3, 0.4) is 0 Å². The number of amides is 1. The lowest BCUT2D eigenvalue weighted by Crippen LogP contribution is -2.24. The fourth-order valence-corrected chi connectivity index (χ4v) is 4.83. The molecule has 1 heterocycles. The van der Waals surface area contributed by atoms with Crippen LogP contribution in [0, 0.1) is 0 Å². The largest absolute Gasteiger partial charge is 0.493 e. The molecular weight excluding hydrogens is 512 g/mol. The van der Waals surface area contributed by atoms with Crippen molar-refractivity contribution in [3.63, 3.8) is 0 Å². The van der Waals surface area contributed by atoms with E-state index < -0.39 is 11.9 Å². The molecule has 0 spiro atoms. The van der Waals surface area contributed by atoms with Gasteiger partial charge in [0.05, 0.1) is 18.3 Å². The van der Waals surface area contributed by atoms with Gasteiger partial charge in [0.2, 0.25) is 0 Å². The van der Waals surface area contributed by atoms with Gasteiger partial charge in [-0.3, -0.25) is 4.79 Å². The van der Waals surface area contributed by atoms with Gasteiger partial charge in [0.25, 0.3) is 5.91 Å². The van der Waals surface area contributed by atoms with Crippen molar-refractivity contribution in [1.29, 1.82) is 0 Å². The molecule has 0 aliphatic rings. The zero-order chi connectivity index (χ0) is 26.4. The Balaban J connectivity index is 1.34. The van der Waals surface area contributed by atoms with Crippen molar-refractivity contribution in [1.82, 2.24) is 5.43 Å². The summed E-state index contributed by atoms with van der Waals surface area (Å²) >= 11 is 7.66. The number of hydrogen-bond acceptors (Lipinski definition) is 7. The zero-order valence-corrected chi connectivity index (χ0v) is 22.1. The molecule has 190 valence electrons. The molecule has 0 atom stereocenters. The number of ether oxygens (including phenoxy) is 3. The summed E-state index contributed by atoms with van der Waals surface area (Å²) in [6, 6.07) is 20.0. The van der Waals surface area contributed by atoms with Crippen LogP contribution >= 0.6 is 22.9 Å². The number of nitrogens with one attached hydrogen (secondary N) is 1. The number of nitrogens with zero attached hydrogens (tertiary/aromatic N) is 1. The summed E-state index contributed by atoms with van der Waals surface area (Å²) in [5, 5.41) is 5.12. The van der Waals surface area contributed by atoms with E-state index in [-0.39, 0.29) is 12.4 Å².